The number of thioether (sulfide) groups is 1. The molecule has 2 aromatic carbocycles. The lowest BCUT2D eigenvalue weighted by atomic mass is 10.1. The molecule has 0 aliphatic rings. The summed E-state index contributed by atoms with van der Waals surface area (Å²) in [7, 11) is 1.94. The van der Waals surface area contributed by atoms with Crippen LogP contribution in [0.15, 0.2) is 47.4 Å². The van der Waals surface area contributed by atoms with Gasteiger partial charge in [0.1, 0.15) is 0 Å². The van der Waals surface area contributed by atoms with Crippen LogP contribution in [-0.2, 0) is 0 Å². The molecule has 0 aliphatic carbocycles. The van der Waals surface area contributed by atoms with Crippen LogP contribution in [0.25, 0.3) is 0 Å². The van der Waals surface area contributed by atoms with E-state index in [1.54, 1.807) is 11.8 Å². The van der Waals surface area contributed by atoms with Crippen molar-refractivity contribution < 1.29 is 0 Å². The number of benzene rings is 2. The first-order chi connectivity index (χ1) is 9.60. The minimum Gasteiger partial charge on any atom is -0.312 e. The summed E-state index contributed by atoms with van der Waals surface area (Å²) in [4.78, 5) is 1.19. The van der Waals surface area contributed by atoms with Crippen molar-refractivity contribution in [3.8, 4) is 0 Å². The summed E-state index contributed by atoms with van der Waals surface area (Å²) in [6, 6.07) is 13.8. The summed E-state index contributed by atoms with van der Waals surface area (Å²) in [5, 5.41) is 5.22. The summed E-state index contributed by atoms with van der Waals surface area (Å²) >= 11 is 19.7. The summed E-state index contributed by atoms with van der Waals surface area (Å²) in [6.45, 7) is 0. The topological polar surface area (TPSA) is 12.0 Å². The lowest BCUT2D eigenvalue weighted by molar-refractivity contribution is 0.662. The molecule has 1 N–H and O–H groups in total. The fraction of sp³-hybridized carbons (Fsp3) is 0.200. The van der Waals surface area contributed by atoms with Gasteiger partial charge in [-0.15, -0.1) is 11.8 Å². The van der Waals surface area contributed by atoms with Gasteiger partial charge in [0.25, 0.3) is 0 Å². The van der Waals surface area contributed by atoms with Gasteiger partial charge in [-0.1, -0.05) is 40.9 Å². The van der Waals surface area contributed by atoms with Crippen LogP contribution < -0.4 is 5.32 Å². The van der Waals surface area contributed by atoms with Gasteiger partial charge in [-0.3, -0.25) is 0 Å². The summed E-state index contributed by atoms with van der Waals surface area (Å²) in [6.07, 6.45) is 0. The number of nitrogens with one attached hydrogen (secondary N) is 1. The van der Waals surface area contributed by atoms with Crippen molar-refractivity contribution in [1.29, 1.82) is 0 Å². The molecule has 1 nitrogen and oxygen atoms in total. The second-order valence-corrected chi connectivity index (χ2v) is 6.62. The Bertz CT molecular complexity index is 572. The largest absolute Gasteiger partial charge is 0.312 e. The van der Waals surface area contributed by atoms with Crippen molar-refractivity contribution in [1.82, 2.24) is 5.32 Å². The molecule has 0 spiro atoms. The van der Waals surface area contributed by atoms with Crippen LogP contribution in [0.5, 0.6) is 0 Å². The van der Waals surface area contributed by atoms with Crippen molar-refractivity contribution in [2.45, 2.75) is 10.9 Å². The Morgan fingerprint density at radius 3 is 2.30 bits per heavy atom. The van der Waals surface area contributed by atoms with Crippen molar-refractivity contribution >= 4 is 46.6 Å². The minimum absolute atomic E-state index is 0.213. The molecular weight excluding hydrogens is 333 g/mol. The van der Waals surface area contributed by atoms with Crippen molar-refractivity contribution in [3.05, 3.63) is 63.1 Å². The van der Waals surface area contributed by atoms with E-state index in [4.69, 9.17) is 34.8 Å². The van der Waals surface area contributed by atoms with E-state index in [0.717, 1.165) is 16.3 Å². The van der Waals surface area contributed by atoms with Gasteiger partial charge >= 0.3 is 0 Å². The second-order valence-electron chi connectivity index (χ2n) is 4.28. The van der Waals surface area contributed by atoms with E-state index in [1.807, 2.05) is 49.5 Å². The van der Waals surface area contributed by atoms with Gasteiger partial charge in [0.15, 0.2) is 0 Å². The highest BCUT2D eigenvalue weighted by Gasteiger charge is 2.11. The zero-order valence-electron chi connectivity index (χ0n) is 10.9. The van der Waals surface area contributed by atoms with Crippen molar-refractivity contribution in [2.24, 2.45) is 0 Å². The summed E-state index contributed by atoms with van der Waals surface area (Å²) in [5.74, 6) is 0.899. The van der Waals surface area contributed by atoms with E-state index in [2.05, 4.69) is 5.32 Å². The Kier molecular flexibility index (Phi) is 6.06. The molecule has 0 saturated carbocycles. The molecule has 106 valence electrons. The zero-order chi connectivity index (χ0) is 14.5. The molecule has 20 heavy (non-hydrogen) atoms. The van der Waals surface area contributed by atoms with E-state index >= 15 is 0 Å². The Morgan fingerprint density at radius 2 is 1.70 bits per heavy atom. The first-order valence-corrected chi connectivity index (χ1v) is 8.22. The molecule has 0 radical (unpaired) electrons. The minimum atomic E-state index is 0.213. The third-order valence-electron chi connectivity index (χ3n) is 2.92. The first kappa shape index (κ1) is 16.0. The van der Waals surface area contributed by atoms with Gasteiger partial charge in [0.2, 0.25) is 0 Å². The second kappa shape index (κ2) is 7.58. The van der Waals surface area contributed by atoms with Gasteiger partial charge in [-0.25, -0.2) is 0 Å². The maximum Gasteiger partial charge on any atom is 0.0595 e. The number of hydrogen-bond acceptors (Lipinski definition) is 2. The average Bonchev–Trinajstić information content (AvgIpc) is 2.45. The first-order valence-electron chi connectivity index (χ1n) is 6.10. The molecule has 5 heteroatoms. The zero-order valence-corrected chi connectivity index (χ0v) is 14.0. The van der Waals surface area contributed by atoms with E-state index < -0.39 is 0 Å². The van der Waals surface area contributed by atoms with Gasteiger partial charge in [-0.2, -0.15) is 0 Å². The molecule has 2 aromatic rings. The van der Waals surface area contributed by atoms with Gasteiger partial charge < -0.3 is 5.32 Å². The Hall–Kier alpha value is -0.380. The van der Waals surface area contributed by atoms with Crippen LogP contribution in [0.1, 0.15) is 11.6 Å². The molecule has 0 saturated heterocycles. The highest BCUT2D eigenvalue weighted by atomic mass is 35.5. The molecule has 0 aromatic heterocycles. The predicted octanol–water partition coefficient (Wildman–Crippen LogP) is 5.70. The van der Waals surface area contributed by atoms with Gasteiger partial charge in [0, 0.05) is 21.7 Å². The maximum absolute atomic E-state index is 6.07. The lowest BCUT2D eigenvalue weighted by Gasteiger charge is -2.17. The van der Waals surface area contributed by atoms with E-state index in [9.17, 15) is 0 Å². The van der Waals surface area contributed by atoms with E-state index in [0.29, 0.717) is 10.0 Å². The van der Waals surface area contributed by atoms with E-state index in [1.165, 1.54) is 4.90 Å². The molecule has 1 atom stereocenters. The molecule has 2 rings (SSSR count). The Balaban J connectivity index is 2.05. The van der Waals surface area contributed by atoms with Crippen LogP contribution in [0, 0.1) is 0 Å². The lowest BCUT2D eigenvalue weighted by Crippen LogP contribution is -2.18. The standard InChI is InChI=1S/C15H14Cl3NS/c1-19-15(10-2-7-13(17)14(18)8-10)9-20-12-5-3-11(16)4-6-12/h2-8,15,19H,9H2,1H3. The Morgan fingerprint density at radius 1 is 1.00 bits per heavy atom. The highest BCUT2D eigenvalue weighted by molar-refractivity contribution is 7.99. The molecule has 0 aliphatic heterocycles. The van der Waals surface area contributed by atoms with Crippen LogP contribution in [0.2, 0.25) is 15.1 Å². The van der Waals surface area contributed by atoms with Crippen LogP contribution >= 0.6 is 46.6 Å². The number of halogens is 3. The average molecular weight is 347 g/mol. The van der Waals surface area contributed by atoms with E-state index in [-0.39, 0.29) is 6.04 Å². The predicted molar refractivity (Wildman–Crippen MR) is 90.4 cm³/mol. The number of rotatable bonds is 5. The normalized spacial score (nSPS) is 12.4. The molecule has 0 fully saturated rings. The van der Waals surface area contributed by atoms with Crippen LogP contribution in [-0.4, -0.2) is 12.8 Å². The fourth-order valence-corrected chi connectivity index (χ4v) is 3.27. The summed E-state index contributed by atoms with van der Waals surface area (Å²) < 4.78 is 0. The molecule has 1 unspecified atom stereocenters. The van der Waals surface area contributed by atoms with Crippen LogP contribution in [0.3, 0.4) is 0 Å². The third-order valence-corrected chi connectivity index (χ3v) is 5.02. The maximum atomic E-state index is 6.07. The molecular formula is C15H14Cl3NS. The Labute approximate surface area is 138 Å². The SMILES string of the molecule is CNC(CSc1ccc(Cl)cc1)c1ccc(Cl)c(Cl)c1. The fourth-order valence-electron chi connectivity index (χ4n) is 1.79. The van der Waals surface area contributed by atoms with Crippen molar-refractivity contribution in [3.63, 3.8) is 0 Å². The van der Waals surface area contributed by atoms with Crippen LogP contribution in [0.4, 0.5) is 0 Å². The number of hydrogen-bond donors (Lipinski definition) is 1. The quantitative estimate of drug-likeness (QED) is 0.697. The van der Waals surface area contributed by atoms with Gasteiger partial charge in [-0.05, 0) is 49.0 Å². The molecule has 0 bridgehead atoms. The molecule has 0 heterocycles. The summed E-state index contributed by atoms with van der Waals surface area (Å²) in [5.41, 5.74) is 1.13. The smallest absolute Gasteiger partial charge is 0.0595 e. The monoisotopic (exact) mass is 345 g/mol. The third kappa shape index (κ3) is 4.31. The highest BCUT2D eigenvalue weighted by Crippen LogP contribution is 2.29. The van der Waals surface area contributed by atoms with Crippen molar-refractivity contribution in [2.75, 3.05) is 12.8 Å². The van der Waals surface area contributed by atoms with Gasteiger partial charge in [0.05, 0.1) is 10.0 Å². The molecule has 0 amide bonds.